The molecule has 3 heteroatoms. The van der Waals surface area contributed by atoms with Gasteiger partial charge in [-0.1, -0.05) is 24.3 Å². The monoisotopic (exact) mass is 262 g/mol. The Labute approximate surface area is 117 Å². The molecule has 2 aromatic carbocycles. The van der Waals surface area contributed by atoms with Crippen LogP contribution in [-0.4, -0.2) is 16.3 Å². The number of rotatable bonds is 3. The van der Waals surface area contributed by atoms with Gasteiger partial charge in [0.15, 0.2) is 0 Å². The van der Waals surface area contributed by atoms with Gasteiger partial charge in [-0.2, -0.15) is 0 Å². The van der Waals surface area contributed by atoms with E-state index in [-0.39, 0.29) is 5.75 Å². The normalized spacial score (nSPS) is 11.0. The third-order valence-electron chi connectivity index (χ3n) is 3.06. The second kappa shape index (κ2) is 5.45. The predicted molar refractivity (Wildman–Crippen MR) is 81.6 cm³/mol. The quantitative estimate of drug-likeness (QED) is 0.685. The zero-order valence-electron chi connectivity index (χ0n) is 10.8. The van der Waals surface area contributed by atoms with Gasteiger partial charge in [-0.3, -0.25) is 4.99 Å². The van der Waals surface area contributed by atoms with Crippen molar-refractivity contribution in [2.45, 2.75) is 0 Å². The number of para-hydroxylation sites is 2. The summed E-state index contributed by atoms with van der Waals surface area (Å²) in [6.07, 6.45) is 3.51. The molecule has 0 radical (unpaired) electrons. The van der Waals surface area contributed by atoms with Gasteiger partial charge in [0, 0.05) is 29.2 Å². The number of hydrogen-bond acceptors (Lipinski definition) is 2. The van der Waals surface area contributed by atoms with Gasteiger partial charge in [0.05, 0.1) is 5.69 Å². The molecule has 20 heavy (non-hydrogen) atoms. The van der Waals surface area contributed by atoms with Crippen LogP contribution in [-0.2, 0) is 0 Å². The number of aromatic hydroxyl groups is 1. The highest BCUT2D eigenvalue weighted by molar-refractivity contribution is 5.89. The van der Waals surface area contributed by atoms with Crippen LogP contribution in [0.5, 0.6) is 5.75 Å². The number of hydrogen-bond donors (Lipinski definition) is 2. The molecule has 3 rings (SSSR count). The van der Waals surface area contributed by atoms with Crippen LogP contribution in [0.4, 0.5) is 5.69 Å². The van der Waals surface area contributed by atoms with Crippen molar-refractivity contribution >= 4 is 11.9 Å². The lowest BCUT2D eigenvalue weighted by Crippen LogP contribution is -1.86. The molecule has 0 unspecified atom stereocenters. The molecule has 0 saturated carbocycles. The van der Waals surface area contributed by atoms with Crippen LogP contribution in [0.3, 0.4) is 0 Å². The maximum absolute atomic E-state index is 10.3. The summed E-state index contributed by atoms with van der Waals surface area (Å²) in [5, 5.41) is 10.3. The maximum Gasteiger partial charge on any atom is 0.133 e. The first kappa shape index (κ1) is 12.2. The third kappa shape index (κ3) is 2.47. The molecule has 0 aliphatic carbocycles. The van der Waals surface area contributed by atoms with Crippen LogP contribution in [0.2, 0.25) is 0 Å². The number of phenols is 1. The van der Waals surface area contributed by atoms with Crippen molar-refractivity contribution in [2.24, 2.45) is 4.99 Å². The molecule has 0 aliphatic rings. The van der Waals surface area contributed by atoms with E-state index in [1.807, 2.05) is 66.9 Å². The van der Waals surface area contributed by atoms with E-state index in [9.17, 15) is 5.11 Å². The molecule has 3 aromatic rings. The van der Waals surface area contributed by atoms with Crippen molar-refractivity contribution in [1.29, 1.82) is 0 Å². The van der Waals surface area contributed by atoms with Crippen molar-refractivity contribution in [3.63, 3.8) is 0 Å². The largest absolute Gasteiger partial charge is 0.507 e. The standard InChI is InChI=1S/C17H14N2O/c20-17-13(12-19-14-7-2-1-3-8-14)6-4-9-15(17)16-10-5-11-18-16/h1-12,18,20H. The number of phenolic OH excluding ortho intramolecular Hbond substituents is 1. The van der Waals surface area contributed by atoms with Gasteiger partial charge >= 0.3 is 0 Å². The van der Waals surface area contributed by atoms with Crippen LogP contribution in [0.25, 0.3) is 11.3 Å². The molecule has 0 fully saturated rings. The van der Waals surface area contributed by atoms with Crippen LogP contribution in [0.15, 0.2) is 71.9 Å². The fourth-order valence-corrected chi connectivity index (χ4v) is 2.04. The molecule has 3 nitrogen and oxygen atoms in total. The highest BCUT2D eigenvalue weighted by atomic mass is 16.3. The molecular weight excluding hydrogens is 248 g/mol. The van der Waals surface area contributed by atoms with Crippen LogP contribution in [0.1, 0.15) is 5.56 Å². The Morgan fingerprint density at radius 1 is 0.900 bits per heavy atom. The summed E-state index contributed by atoms with van der Waals surface area (Å²) >= 11 is 0. The minimum atomic E-state index is 0.231. The second-order valence-corrected chi connectivity index (χ2v) is 4.42. The number of nitrogens with zero attached hydrogens (tertiary/aromatic N) is 1. The van der Waals surface area contributed by atoms with Crippen LogP contribution >= 0.6 is 0 Å². The molecule has 0 aliphatic heterocycles. The smallest absolute Gasteiger partial charge is 0.133 e. The Kier molecular flexibility index (Phi) is 3.33. The number of nitrogens with one attached hydrogen (secondary N) is 1. The van der Waals surface area contributed by atoms with E-state index in [2.05, 4.69) is 9.98 Å². The molecule has 0 bridgehead atoms. The first-order chi connectivity index (χ1) is 9.84. The molecule has 0 saturated heterocycles. The van der Waals surface area contributed by atoms with Crippen molar-refractivity contribution in [3.05, 3.63) is 72.4 Å². The topological polar surface area (TPSA) is 48.4 Å². The zero-order valence-corrected chi connectivity index (χ0v) is 10.8. The molecule has 0 atom stereocenters. The van der Waals surface area contributed by atoms with Crippen molar-refractivity contribution in [2.75, 3.05) is 0 Å². The Morgan fingerprint density at radius 2 is 1.75 bits per heavy atom. The van der Waals surface area contributed by atoms with Crippen molar-refractivity contribution in [1.82, 2.24) is 4.98 Å². The molecule has 1 aromatic heterocycles. The van der Waals surface area contributed by atoms with Gasteiger partial charge in [0.2, 0.25) is 0 Å². The van der Waals surface area contributed by atoms with Gasteiger partial charge in [0.25, 0.3) is 0 Å². The maximum atomic E-state index is 10.3. The molecule has 2 N–H and O–H groups in total. The lowest BCUT2D eigenvalue weighted by Gasteiger charge is -2.05. The number of aliphatic imine (C=N–C) groups is 1. The van der Waals surface area contributed by atoms with Crippen molar-refractivity contribution < 1.29 is 5.11 Å². The Morgan fingerprint density at radius 3 is 2.50 bits per heavy atom. The lowest BCUT2D eigenvalue weighted by molar-refractivity contribution is 0.476. The molecule has 0 spiro atoms. The second-order valence-electron chi connectivity index (χ2n) is 4.42. The average Bonchev–Trinajstić information content (AvgIpc) is 3.01. The summed E-state index contributed by atoms with van der Waals surface area (Å²) in [6, 6.07) is 19.1. The minimum Gasteiger partial charge on any atom is -0.507 e. The molecular formula is C17H14N2O. The first-order valence-corrected chi connectivity index (χ1v) is 6.39. The fourth-order valence-electron chi connectivity index (χ4n) is 2.04. The van der Waals surface area contributed by atoms with Gasteiger partial charge in [-0.05, 0) is 36.4 Å². The molecule has 1 heterocycles. The zero-order chi connectivity index (χ0) is 13.8. The highest BCUT2D eigenvalue weighted by Crippen LogP contribution is 2.30. The minimum absolute atomic E-state index is 0.231. The SMILES string of the molecule is Oc1c(C=Nc2ccccc2)cccc1-c1ccc[nH]1. The van der Waals surface area contributed by atoms with Gasteiger partial charge in [0.1, 0.15) is 5.75 Å². The third-order valence-corrected chi connectivity index (χ3v) is 3.06. The first-order valence-electron chi connectivity index (χ1n) is 6.39. The summed E-state index contributed by atoms with van der Waals surface area (Å²) in [4.78, 5) is 7.46. The highest BCUT2D eigenvalue weighted by Gasteiger charge is 2.07. The van der Waals surface area contributed by atoms with E-state index in [4.69, 9.17) is 0 Å². The predicted octanol–water partition coefficient (Wildman–Crippen LogP) is 4.14. The number of benzene rings is 2. The average molecular weight is 262 g/mol. The number of H-pyrrole nitrogens is 1. The van der Waals surface area contributed by atoms with E-state index < -0.39 is 0 Å². The van der Waals surface area contributed by atoms with E-state index in [1.165, 1.54) is 0 Å². The van der Waals surface area contributed by atoms with E-state index >= 15 is 0 Å². The summed E-state index contributed by atoms with van der Waals surface area (Å²) in [5.41, 5.74) is 3.21. The number of aromatic amines is 1. The van der Waals surface area contributed by atoms with Crippen LogP contribution < -0.4 is 0 Å². The van der Waals surface area contributed by atoms with Crippen molar-refractivity contribution in [3.8, 4) is 17.0 Å². The lowest BCUT2D eigenvalue weighted by atomic mass is 10.1. The summed E-state index contributed by atoms with van der Waals surface area (Å²) in [6.45, 7) is 0. The van der Waals surface area contributed by atoms with Gasteiger partial charge in [-0.15, -0.1) is 0 Å². The van der Waals surface area contributed by atoms with E-state index in [0.29, 0.717) is 5.56 Å². The molecule has 98 valence electrons. The van der Waals surface area contributed by atoms with Gasteiger partial charge in [-0.25, -0.2) is 0 Å². The van der Waals surface area contributed by atoms with Gasteiger partial charge < -0.3 is 10.1 Å². The van der Waals surface area contributed by atoms with E-state index in [0.717, 1.165) is 16.9 Å². The Bertz CT molecular complexity index is 716. The Balaban J connectivity index is 1.95. The van der Waals surface area contributed by atoms with Crippen LogP contribution in [0, 0.1) is 0 Å². The Hall–Kier alpha value is -2.81. The summed E-state index contributed by atoms with van der Waals surface area (Å²) in [7, 11) is 0. The summed E-state index contributed by atoms with van der Waals surface area (Å²) < 4.78 is 0. The fraction of sp³-hybridized carbons (Fsp3) is 0. The molecule has 0 amide bonds. The van der Waals surface area contributed by atoms with E-state index in [1.54, 1.807) is 6.21 Å². The number of aromatic nitrogens is 1. The summed E-state index contributed by atoms with van der Waals surface area (Å²) in [5.74, 6) is 0.231.